The Labute approximate surface area is 392 Å². The molecule has 0 atom stereocenters. The van der Waals surface area contributed by atoms with Crippen LogP contribution in [0.3, 0.4) is 0 Å². The zero-order valence-corrected chi connectivity index (χ0v) is 38.5. The van der Waals surface area contributed by atoms with E-state index in [1.165, 1.54) is 77.8 Å². The average Bonchev–Trinajstić information content (AvgIpc) is 4.03. The minimum absolute atomic E-state index is 0.621. The Kier molecular flexibility index (Phi) is 12.7. The van der Waals surface area contributed by atoms with Crippen molar-refractivity contribution in [3.63, 3.8) is 0 Å². The van der Waals surface area contributed by atoms with Crippen molar-refractivity contribution >= 4 is 77.0 Å². The summed E-state index contributed by atoms with van der Waals surface area (Å²) in [7, 11) is 0. The van der Waals surface area contributed by atoms with Gasteiger partial charge in [0.15, 0.2) is 0 Å². The van der Waals surface area contributed by atoms with Crippen LogP contribution in [0.5, 0.6) is 0 Å². The molecule has 0 saturated carbocycles. The van der Waals surface area contributed by atoms with Gasteiger partial charge in [-0.1, -0.05) is 166 Å². The van der Waals surface area contributed by atoms with Gasteiger partial charge in [0.1, 0.15) is 11.2 Å². The molecule has 3 N–H and O–H groups in total. The number of aromatic nitrogens is 2. The molecule has 0 fully saturated rings. The first-order valence-corrected chi connectivity index (χ1v) is 22.9. The van der Waals surface area contributed by atoms with Crippen LogP contribution in [0.1, 0.15) is 43.9 Å². The molecule has 5 heteroatoms. The van der Waals surface area contributed by atoms with E-state index < -0.39 is 0 Å². The van der Waals surface area contributed by atoms with Crippen molar-refractivity contribution < 1.29 is 4.42 Å². The number of furan rings is 1. The van der Waals surface area contributed by atoms with Crippen molar-refractivity contribution in [2.24, 2.45) is 5.73 Å². The molecular formula is C62H54N4O. The number of hydrogen-bond donors (Lipinski definition) is 2. The van der Waals surface area contributed by atoms with Gasteiger partial charge in [-0.3, -0.25) is 0 Å². The summed E-state index contributed by atoms with van der Waals surface area (Å²) in [4.78, 5) is 0. The summed E-state index contributed by atoms with van der Waals surface area (Å²) >= 11 is 0. The molecule has 5 nitrogen and oxygen atoms in total. The van der Waals surface area contributed by atoms with Crippen LogP contribution in [0.15, 0.2) is 223 Å². The molecule has 0 aliphatic carbocycles. The van der Waals surface area contributed by atoms with Crippen molar-refractivity contribution in [1.29, 1.82) is 5.41 Å². The van der Waals surface area contributed by atoms with Crippen LogP contribution in [-0.4, -0.2) is 14.8 Å². The van der Waals surface area contributed by atoms with Gasteiger partial charge in [0.2, 0.25) is 0 Å². The van der Waals surface area contributed by atoms with E-state index in [4.69, 9.17) is 15.6 Å². The standard InChI is InChI=1S/C43H28N2O.2C8H9N.C3H8/c1-27-10-9-17-42-43(27)36-26-31(20-23-41(36)46-42)45-38-16-8-6-14-33(38)35-25-29(19-22-40(35)45)28-18-21-39-34(24-28)32-13-5-7-15-37(32)44(39)30-11-3-2-4-12-30;2*1-7(9)8-5-3-2-4-6-8;1-3-2/h2-26H,1H3;2-6,9H,1H3;2-6H,1,9H2;3H2,1-2H3. The number of benzene rings is 9. The molecule has 12 aromatic rings. The Balaban J connectivity index is 0.000000222. The molecule has 0 bridgehead atoms. The van der Waals surface area contributed by atoms with Gasteiger partial charge in [0.25, 0.3) is 0 Å². The quantitative estimate of drug-likeness (QED) is 0.169. The highest BCUT2D eigenvalue weighted by atomic mass is 16.3. The predicted molar refractivity (Wildman–Crippen MR) is 287 cm³/mol. The lowest BCUT2D eigenvalue weighted by atomic mass is 10.0. The molecule has 0 aliphatic rings. The molecule has 328 valence electrons. The topological polar surface area (TPSA) is 72.9 Å². The Morgan fingerprint density at radius 3 is 1.46 bits per heavy atom. The number of aryl methyl sites for hydroxylation is 1. The minimum Gasteiger partial charge on any atom is -0.456 e. The van der Waals surface area contributed by atoms with E-state index in [2.05, 4.69) is 188 Å². The van der Waals surface area contributed by atoms with Gasteiger partial charge < -0.3 is 24.7 Å². The van der Waals surface area contributed by atoms with Crippen molar-refractivity contribution in [2.75, 3.05) is 0 Å². The molecule has 9 aromatic carbocycles. The third kappa shape index (κ3) is 8.75. The molecule has 0 saturated heterocycles. The van der Waals surface area contributed by atoms with E-state index >= 15 is 0 Å². The van der Waals surface area contributed by atoms with E-state index in [1.54, 1.807) is 6.92 Å². The third-order valence-corrected chi connectivity index (χ3v) is 12.0. The third-order valence-electron chi connectivity index (χ3n) is 12.0. The molecule has 0 spiro atoms. The lowest BCUT2D eigenvalue weighted by Crippen LogP contribution is -1.93. The van der Waals surface area contributed by atoms with Gasteiger partial charge in [-0.25, -0.2) is 0 Å². The van der Waals surface area contributed by atoms with E-state index in [0.29, 0.717) is 11.4 Å². The van der Waals surface area contributed by atoms with Gasteiger partial charge in [-0.2, -0.15) is 0 Å². The van der Waals surface area contributed by atoms with Crippen LogP contribution in [0, 0.1) is 12.3 Å². The second-order valence-electron chi connectivity index (χ2n) is 16.8. The Hall–Kier alpha value is -8.41. The van der Waals surface area contributed by atoms with E-state index in [-0.39, 0.29) is 0 Å². The van der Waals surface area contributed by atoms with Crippen molar-refractivity contribution in [3.8, 4) is 22.5 Å². The maximum atomic E-state index is 7.24. The number of nitrogens with zero attached hydrogens (tertiary/aromatic N) is 2. The van der Waals surface area contributed by atoms with E-state index in [0.717, 1.165) is 33.4 Å². The van der Waals surface area contributed by atoms with Crippen LogP contribution in [0.2, 0.25) is 0 Å². The number of nitrogens with one attached hydrogen (secondary N) is 1. The molecule has 0 amide bonds. The summed E-state index contributed by atoms with van der Waals surface area (Å²) in [6.45, 7) is 11.8. The number of rotatable bonds is 5. The van der Waals surface area contributed by atoms with Crippen molar-refractivity contribution in [1.82, 2.24) is 9.13 Å². The van der Waals surface area contributed by atoms with Crippen LogP contribution >= 0.6 is 0 Å². The fourth-order valence-electron chi connectivity index (χ4n) is 8.91. The first kappa shape index (κ1) is 43.8. The summed E-state index contributed by atoms with van der Waals surface area (Å²) < 4.78 is 11.0. The molecule has 3 aromatic heterocycles. The highest BCUT2D eigenvalue weighted by Gasteiger charge is 2.17. The number of nitrogens with two attached hydrogens (primary N) is 1. The zero-order chi connectivity index (χ0) is 46.4. The monoisotopic (exact) mass is 870 g/mol. The molecule has 3 heterocycles. The summed E-state index contributed by atoms with van der Waals surface area (Å²) in [6, 6.07) is 74.1. The lowest BCUT2D eigenvalue weighted by molar-refractivity contribution is 0.668. The normalized spacial score (nSPS) is 10.9. The van der Waals surface area contributed by atoms with E-state index in [1.807, 2.05) is 60.7 Å². The predicted octanol–water partition coefficient (Wildman–Crippen LogP) is 16.9. The second-order valence-corrected chi connectivity index (χ2v) is 16.8. The molecule has 0 radical (unpaired) electrons. The highest BCUT2D eigenvalue weighted by Crippen LogP contribution is 2.39. The van der Waals surface area contributed by atoms with Crippen LogP contribution < -0.4 is 5.73 Å². The Morgan fingerprint density at radius 2 is 0.955 bits per heavy atom. The second kappa shape index (κ2) is 19.4. The smallest absolute Gasteiger partial charge is 0.135 e. The van der Waals surface area contributed by atoms with Gasteiger partial charge in [-0.15, -0.1) is 0 Å². The Morgan fingerprint density at radius 1 is 0.478 bits per heavy atom. The van der Waals surface area contributed by atoms with Crippen molar-refractivity contribution in [2.45, 2.75) is 34.1 Å². The molecule has 0 unspecified atom stereocenters. The van der Waals surface area contributed by atoms with Gasteiger partial charge >= 0.3 is 0 Å². The van der Waals surface area contributed by atoms with Crippen molar-refractivity contribution in [3.05, 3.63) is 236 Å². The molecule has 0 aliphatic heterocycles. The fraction of sp³-hybridized carbons (Fsp3) is 0.0806. The lowest BCUT2D eigenvalue weighted by Gasteiger charge is -2.09. The summed E-state index contributed by atoms with van der Waals surface area (Å²) in [6.07, 6.45) is 1.25. The summed E-state index contributed by atoms with van der Waals surface area (Å²) in [5, 5.41) is 14.6. The number of fused-ring (bicyclic) bond motifs is 9. The van der Waals surface area contributed by atoms with Crippen LogP contribution in [-0.2, 0) is 0 Å². The minimum atomic E-state index is 0.621. The molecule has 67 heavy (non-hydrogen) atoms. The highest BCUT2D eigenvalue weighted by molar-refractivity contribution is 6.13. The average molecular weight is 871 g/mol. The number of hydrogen-bond acceptors (Lipinski definition) is 3. The van der Waals surface area contributed by atoms with Gasteiger partial charge in [-0.05, 0) is 114 Å². The molecular weight excluding hydrogens is 817 g/mol. The number of para-hydroxylation sites is 3. The molecule has 12 rings (SSSR count). The largest absolute Gasteiger partial charge is 0.456 e. The zero-order valence-electron chi connectivity index (χ0n) is 38.5. The van der Waals surface area contributed by atoms with E-state index in [9.17, 15) is 0 Å². The SMILES string of the molecule is C=C(N)c1ccccc1.CC(=N)c1ccccc1.CCC.Cc1cccc2oc3ccc(-n4c5ccccc5c5cc(-c6ccc7c(c6)c6ccccc6n7-c6ccccc6)ccc54)cc3c12. The summed E-state index contributed by atoms with van der Waals surface area (Å²) in [5.74, 6) is 0. The fourth-order valence-corrected chi connectivity index (χ4v) is 8.91. The van der Waals surface area contributed by atoms with Gasteiger partial charge in [0, 0.05) is 55.1 Å². The van der Waals surface area contributed by atoms with Crippen LogP contribution in [0.25, 0.3) is 93.7 Å². The van der Waals surface area contributed by atoms with Gasteiger partial charge in [0.05, 0.1) is 22.1 Å². The Bertz CT molecular complexity index is 3640. The maximum absolute atomic E-state index is 7.24. The van der Waals surface area contributed by atoms with Crippen LogP contribution in [0.4, 0.5) is 0 Å². The first-order chi connectivity index (χ1) is 32.7. The maximum Gasteiger partial charge on any atom is 0.135 e. The summed E-state index contributed by atoms with van der Waals surface area (Å²) in [5.41, 5.74) is 21.3. The first-order valence-electron chi connectivity index (χ1n) is 22.9.